The molecule has 0 aromatic heterocycles. The van der Waals surface area contributed by atoms with Crippen LogP contribution in [0.3, 0.4) is 0 Å². The number of nitrogens with zero attached hydrogens (tertiary/aromatic N) is 3. The maximum atomic E-state index is 10.8. The monoisotopic (exact) mass is 282 g/mol. The minimum atomic E-state index is -0.452. The quantitative estimate of drug-likeness (QED) is 0.528. The van der Waals surface area contributed by atoms with Gasteiger partial charge in [0.05, 0.1) is 16.2 Å². The summed E-state index contributed by atoms with van der Waals surface area (Å²) in [6.45, 7) is 0.381. The third-order valence-corrected chi connectivity index (χ3v) is 3.18. The van der Waals surface area contributed by atoms with Gasteiger partial charge in [0, 0.05) is 37.0 Å². The van der Waals surface area contributed by atoms with Crippen LogP contribution in [-0.4, -0.2) is 12.0 Å². The van der Waals surface area contributed by atoms with Gasteiger partial charge in [-0.05, 0) is 18.2 Å². The van der Waals surface area contributed by atoms with Crippen LogP contribution in [0.15, 0.2) is 42.5 Å². The number of para-hydroxylation sites is 1. The number of non-ortho nitro benzene ring substituents is 1. The summed E-state index contributed by atoms with van der Waals surface area (Å²) in [6, 6.07) is 13.7. The van der Waals surface area contributed by atoms with E-state index in [1.165, 1.54) is 18.2 Å². The molecule has 0 atom stereocenters. The number of nitro groups is 1. The first-order valence-electron chi connectivity index (χ1n) is 6.26. The molecule has 2 aromatic carbocycles. The lowest BCUT2D eigenvalue weighted by atomic mass is 10.1. The molecule has 0 aliphatic carbocycles. The standard InChI is InChI=1S/C15H14N4O2/c1-18(15-5-3-2-4-11(15)9-16)10-12-8-13(19(20)21)6-7-14(12)17/h2-8H,10,17H2,1H3. The van der Waals surface area contributed by atoms with E-state index in [1.54, 1.807) is 12.1 Å². The Bertz CT molecular complexity index is 722. The Morgan fingerprint density at radius 1 is 1.33 bits per heavy atom. The first-order valence-corrected chi connectivity index (χ1v) is 6.26. The van der Waals surface area contributed by atoms with Crippen LogP contribution in [-0.2, 0) is 6.54 Å². The highest BCUT2D eigenvalue weighted by Gasteiger charge is 2.12. The van der Waals surface area contributed by atoms with Gasteiger partial charge < -0.3 is 10.6 Å². The smallest absolute Gasteiger partial charge is 0.269 e. The first kappa shape index (κ1) is 14.3. The summed E-state index contributed by atoms with van der Waals surface area (Å²) in [5.74, 6) is 0. The van der Waals surface area contributed by atoms with Crippen molar-refractivity contribution < 1.29 is 4.92 Å². The van der Waals surface area contributed by atoms with Gasteiger partial charge >= 0.3 is 0 Å². The van der Waals surface area contributed by atoms with Crippen molar-refractivity contribution in [3.63, 3.8) is 0 Å². The van der Waals surface area contributed by atoms with Crippen LogP contribution in [0.25, 0.3) is 0 Å². The molecule has 0 aliphatic heterocycles. The third kappa shape index (κ3) is 3.09. The van der Waals surface area contributed by atoms with Crippen LogP contribution in [0, 0.1) is 21.4 Å². The lowest BCUT2D eigenvalue weighted by Crippen LogP contribution is -2.18. The Morgan fingerprint density at radius 3 is 2.71 bits per heavy atom. The number of rotatable bonds is 4. The molecule has 21 heavy (non-hydrogen) atoms. The Kier molecular flexibility index (Phi) is 4.05. The molecule has 0 amide bonds. The number of nitriles is 1. The number of hydrogen-bond acceptors (Lipinski definition) is 5. The number of anilines is 2. The highest BCUT2D eigenvalue weighted by Crippen LogP contribution is 2.24. The van der Waals surface area contributed by atoms with Crippen LogP contribution < -0.4 is 10.6 Å². The molecule has 0 unspecified atom stereocenters. The molecule has 6 nitrogen and oxygen atoms in total. The second kappa shape index (κ2) is 5.92. The van der Waals surface area contributed by atoms with E-state index in [0.29, 0.717) is 23.4 Å². The molecule has 0 bridgehead atoms. The van der Waals surface area contributed by atoms with E-state index < -0.39 is 4.92 Å². The third-order valence-electron chi connectivity index (χ3n) is 3.18. The largest absolute Gasteiger partial charge is 0.398 e. The number of nitrogens with two attached hydrogens (primary N) is 1. The molecule has 2 aromatic rings. The fourth-order valence-corrected chi connectivity index (χ4v) is 2.08. The van der Waals surface area contributed by atoms with E-state index in [1.807, 2.05) is 24.1 Å². The predicted octanol–water partition coefficient (Wildman–Crippen LogP) is 2.69. The highest BCUT2D eigenvalue weighted by atomic mass is 16.6. The van der Waals surface area contributed by atoms with Crippen LogP contribution in [0.2, 0.25) is 0 Å². The van der Waals surface area contributed by atoms with Crippen LogP contribution in [0.1, 0.15) is 11.1 Å². The van der Waals surface area contributed by atoms with Crippen molar-refractivity contribution in [2.75, 3.05) is 17.7 Å². The molecular weight excluding hydrogens is 268 g/mol. The molecular formula is C15H14N4O2. The zero-order chi connectivity index (χ0) is 15.4. The topological polar surface area (TPSA) is 96.2 Å². The summed E-state index contributed by atoms with van der Waals surface area (Å²) in [7, 11) is 1.81. The van der Waals surface area contributed by atoms with Crippen molar-refractivity contribution in [1.29, 1.82) is 5.26 Å². The first-order chi connectivity index (χ1) is 10.0. The van der Waals surface area contributed by atoms with Gasteiger partial charge in [0.25, 0.3) is 5.69 Å². The van der Waals surface area contributed by atoms with Crippen LogP contribution >= 0.6 is 0 Å². The van der Waals surface area contributed by atoms with Crippen molar-refractivity contribution >= 4 is 17.1 Å². The fourth-order valence-electron chi connectivity index (χ4n) is 2.08. The predicted molar refractivity (Wildman–Crippen MR) is 80.8 cm³/mol. The van der Waals surface area contributed by atoms with Gasteiger partial charge in [0.1, 0.15) is 6.07 Å². The number of nitrogen functional groups attached to an aromatic ring is 1. The number of hydrogen-bond donors (Lipinski definition) is 1. The average molecular weight is 282 g/mol. The molecule has 0 saturated heterocycles. The highest BCUT2D eigenvalue weighted by molar-refractivity contribution is 5.61. The summed E-state index contributed by atoms with van der Waals surface area (Å²) in [5, 5.41) is 19.9. The van der Waals surface area contributed by atoms with Crippen LogP contribution in [0.5, 0.6) is 0 Å². The zero-order valence-corrected chi connectivity index (χ0v) is 11.5. The molecule has 0 spiro atoms. The summed E-state index contributed by atoms with van der Waals surface area (Å²) in [4.78, 5) is 12.2. The van der Waals surface area contributed by atoms with Crippen molar-refractivity contribution in [1.82, 2.24) is 0 Å². The molecule has 2 N–H and O–H groups in total. The zero-order valence-electron chi connectivity index (χ0n) is 11.5. The second-order valence-corrected chi connectivity index (χ2v) is 4.63. The van der Waals surface area contributed by atoms with Crippen molar-refractivity contribution in [2.45, 2.75) is 6.54 Å². The Morgan fingerprint density at radius 2 is 2.05 bits per heavy atom. The molecule has 0 radical (unpaired) electrons. The van der Waals surface area contributed by atoms with Gasteiger partial charge in [0.15, 0.2) is 0 Å². The van der Waals surface area contributed by atoms with Gasteiger partial charge in [-0.3, -0.25) is 10.1 Å². The van der Waals surface area contributed by atoms with E-state index in [4.69, 9.17) is 11.0 Å². The molecule has 6 heteroatoms. The summed E-state index contributed by atoms with van der Waals surface area (Å²) in [6.07, 6.45) is 0. The molecule has 2 rings (SSSR count). The Hall–Kier alpha value is -3.07. The van der Waals surface area contributed by atoms with Gasteiger partial charge in [0.2, 0.25) is 0 Å². The summed E-state index contributed by atoms with van der Waals surface area (Å²) >= 11 is 0. The molecule has 0 fully saturated rings. The fraction of sp³-hybridized carbons (Fsp3) is 0.133. The van der Waals surface area contributed by atoms with Crippen LogP contribution in [0.4, 0.5) is 17.1 Å². The average Bonchev–Trinajstić information content (AvgIpc) is 2.49. The number of nitro benzene ring substituents is 1. The second-order valence-electron chi connectivity index (χ2n) is 4.63. The van der Waals surface area contributed by atoms with E-state index in [9.17, 15) is 10.1 Å². The Balaban J connectivity index is 2.31. The lowest BCUT2D eigenvalue weighted by Gasteiger charge is -2.21. The minimum absolute atomic E-state index is 0.00108. The van der Waals surface area contributed by atoms with Gasteiger partial charge in [-0.25, -0.2) is 0 Å². The van der Waals surface area contributed by atoms with Gasteiger partial charge in [-0.2, -0.15) is 5.26 Å². The SMILES string of the molecule is CN(Cc1cc([N+](=O)[O-])ccc1N)c1ccccc1C#N. The van der Waals surface area contributed by atoms with E-state index in [-0.39, 0.29) is 5.69 Å². The number of benzene rings is 2. The molecule has 0 saturated carbocycles. The van der Waals surface area contributed by atoms with E-state index in [0.717, 1.165) is 5.69 Å². The lowest BCUT2D eigenvalue weighted by molar-refractivity contribution is -0.384. The summed E-state index contributed by atoms with van der Waals surface area (Å²) in [5.41, 5.74) is 8.31. The molecule has 0 aliphatic rings. The van der Waals surface area contributed by atoms with Gasteiger partial charge in [-0.1, -0.05) is 12.1 Å². The van der Waals surface area contributed by atoms with Crippen molar-refractivity contribution in [3.05, 3.63) is 63.7 Å². The molecule has 0 heterocycles. The Labute approximate surface area is 122 Å². The minimum Gasteiger partial charge on any atom is -0.398 e. The van der Waals surface area contributed by atoms with E-state index in [2.05, 4.69) is 6.07 Å². The molecule has 106 valence electrons. The normalized spacial score (nSPS) is 9.90. The summed E-state index contributed by atoms with van der Waals surface area (Å²) < 4.78 is 0. The van der Waals surface area contributed by atoms with Gasteiger partial charge in [-0.15, -0.1) is 0 Å². The van der Waals surface area contributed by atoms with E-state index >= 15 is 0 Å². The van der Waals surface area contributed by atoms with Crippen molar-refractivity contribution in [2.24, 2.45) is 0 Å². The van der Waals surface area contributed by atoms with Crippen molar-refractivity contribution in [3.8, 4) is 6.07 Å². The maximum absolute atomic E-state index is 10.8. The maximum Gasteiger partial charge on any atom is 0.269 e.